The largest absolute Gasteiger partial charge is 0.756 e. The number of aliphatic hydroxyl groups is 10. The van der Waals surface area contributed by atoms with Crippen molar-refractivity contribution >= 4 is 33.4 Å². The third-order valence-electron chi connectivity index (χ3n) is 13.3. The van der Waals surface area contributed by atoms with E-state index in [2.05, 4.69) is 16.0 Å². The van der Waals surface area contributed by atoms with Gasteiger partial charge < -0.3 is 147 Å². The fourth-order valence-corrected chi connectivity index (χ4v) is 10.2. The molecule has 0 bridgehead atoms. The summed E-state index contributed by atoms with van der Waals surface area (Å²) < 4.78 is 95.8. The number of rotatable bonds is 30. The number of likely N-dealkylation sites (N-methyl/N-ethyl adjacent to an activating group) is 2. The van der Waals surface area contributed by atoms with Crippen LogP contribution in [0.15, 0.2) is 0 Å². The smallest absolute Gasteiger partial charge is 0.268 e. The molecule has 0 aliphatic carbocycles. The molecule has 0 aromatic rings. The molecule has 37 heteroatoms. The number of nitrogens with zero attached hydrogens (tertiary/aromatic N) is 2. The van der Waals surface area contributed by atoms with Gasteiger partial charge in [-0.25, -0.2) is 0 Å². The topological polar surface area (TPSA) is 507 Å². The maximum absolute atomic E-state index is 13.4. The molecule has 4 aliphatic heterocycles. The SMILES string of the molecule is CC(=O)N[C@H]1[C@@H](O[C@H]2[C@@H](O)[C@@H](COP(=O)([O-])OCC[N+](C)(C)C)O[C@@H](OC[C@H](O)[C@H](O)[C@H](O)CO)[C@@H]2NC(C)=O)O[C@H](COP(=O)([O-])OCC[N+](C)(C)C)[C@H](O[C@H]2O[C@H](C)[C@H](N)[C@H](O[C@@H]3O[C@H](CO)[C@@H](O)[C@H](O)[C@H]3O)[C@H]2NC(C)=O)[C@@H]1O. The lowest BCUT2D eigenvalue weighted by molar-refractivity contribution is -0.870. The van der Waals surface area contributed by atoms with Crippen LogP contribution < -0.4 is 31.5 Å². The van der Waals surface area contributed by atoms with Crippen molar-refractivity contribution in [2.45, 2.75) is 169 Å². The highest BCUT2D eigenvalue weighted by molar-refractivity contribution is 7.46. The van der Waals surface area contributed by atoms with Crippen LogP contribution in [0.4, 0.5) is 0 Å². The Morgan fingerprint density at radius 1 is 0.573 bits per heavy atom. The minimum absolute atomic E-state index is 0.157. The average Bonchev–Trinajstić information content (AvgIpc) is 3.37. The van der Waals surface area contributed by atoms with Crippen LogP contribution in [0, 0.1) is 0 Å². The second-order valence-electron chi connectivity index (χ2n) is 22.4. The fraction of sp³-hybridized carbons (Fsp3) is 0.933. The van der Waals surface area contributed by atoms with Crippen LogP contribution in [-0.2, 0) is 79.5 Å². The monoisotopic (exact) mass is 1240 g/mol. The third kappa shape index (κ3) is 21.3. The summed E-state index contributed by atoms with van der Waals surface area (Å²) in [6, 6.07) is -6.51. The predicted octanol–water partition coefficient (Wildman–Crippen LogP) is -9.79. The van der Waals surface area contributed by atoms with Gasteiger partial charge in [-0.2, -0.15) is 0 Å². The van der Waals surface area contributed by atoms with Gasteiger partial charge in [-0.1, -0.05) is 0 Å². The summed E-state index contributed by atoms with van der Waals surface area (Å²) in [6.07, 6.45) is -35.6. The second kappa shape index (κ2) is 31.1. The van der Waals surface area contributed by atoms with E-state index < -0.39 is 207 Å². The van der Waals surface area contributed by atoms with E-state index in [1.54, 1.807) is 42.3 Å². The lowest BCUT2D eigenvalue weighted by atomic mass is 9.92. The molecule has 0 radical (unpaired) electrons. The van der Waals surface area contributed by atoms with Crippen molar-refractivity contribution in [3.05, 3.63) is 0 Å². The number of ether oxygens (including phenoxy) is 8. The van der Waals surface area contributed by atoms with Crippen LogP contribution in [0.1, 0.15) is 27.7 Å². The fourth-order valence-electron chi connectivity index (χ4n) is 8.76. The predicted molar refractivity (Wildman–Crippen MR) is 269 cm³/mol. The Morgan fingerprint density at radius 2 is 1.02 bits per heavy atom. The number of nitrogens with one attached hydrogen (secondary N) is 3. The number of hydrogen-bond donors (Lipinski definition) is 14. The van der Waals surface area contributed by atoms with Crippen LogP contribution in [0.2, 0.25) is 0 Å². The molecule has 0 aromatic carbocycles. The Balaban J connectivity index is 1.82. The molecule has 0 saturated carbocycles. The Labute approximate surface area is 473 Å². The molecular formula is C45H86N6O29P2. The van der Waals surface area contributed by atoms with Crippen LogP contribution in [0.5, 0.6) is 0 Å². The third-order valence-corrected chi connectivity index (χ3v) is 15.2. The molecule has 4 aliphatic rings. The Morgan fingerprint density at radius 3 is 1.52 bits per heavy atom. The van der Waals surface area contributed by atoms with Gasteiger partial charge in [0, 0.05) is 20.8 Å². The van der Waals surface area contributed by atoms with Crippen molar-refractivity contribution in [2.24, 2.45) is 5.73 Å². The maximum atomic E-state index is 13.4. The highest BCUT2D eigenvalue weighted by atomic mass is 31.2. The van der Waals surface area contributed by atoms with E-state index in [4.69, 9.17) is 61.7 Å². The summed E-state index contributed by atoms with van der Waals surface area (Å²) in [5, 5.41) is 114. The van der Waals surface area contributed by atoms with Crippen LogP contribution in [0.25, 0.3) is 0 Å². The highest BCUT2D eigenvalue weighted by Gasteiger charge is 2.56. The quantitative estimate of drug-likeness (QED) is 0.0235. The molecule has 25 atom stereocenters. The van der Waals surface area contributed by atoms with Crippen molar-refractivity contribution in [1.82, 2.24) is 16.0 Å². The second-order valence-corrected chi connectivity index (χ2v) is 25.2. The number of carbonyl (C=O) groups is 3. The molecule has 15 N–H and O–H groups in total. The van der Waals surface area contributed by atoms with Crippen molar-refractivity contribution in [1.29, 1.82) is 0 Å². The number of aliphatic hydroxyl groups excluding tert-OH is 10. The average molecular weight is 1240 g/mol. The van der Waals surface area contributed by atoms with E-state index in [9.17, 15) is 84.4 Å². The normalized spacial score (nSPS) is 37.4. The Kier molecular flexibility index (Phi) is 27.4. The molecule has 4 heterocycles. The summed E-state index contributed by atoms with van der Waals surface area (Å²) >= 11 is 0. The highest BCUT2D eigenvalue weighted by Crippen LogP contribution is 2.42. The van der Waals surface area contributed by atoms with Crippen molar-refractivity contribution in [2.75, 3.05) is 102 Å². The van der Waals surface area contributed by atoms with Crippen molar-refractivity contribution in [3.63, 3.8) is 0 Å². The van der Waals surface area contributed by atoms with Gasteiger partial charge in [-0.05, 0) is 6.92 Å². The number of phosphoric ester groups is 2. The molecule has 4 saturated heterocycles. The number of hydrogen-bond acceptors (Lipinski definition) is 30. The van der Waals surface area contributed by atoms with Gasteiger partial charge in [0.15, 0.2) is 25.2 Å². The van der Waals surface area contributed by atoms with E-state index in [1.165, 1.54) is 6.92 Å². The van der Waals surface area contributed by atoms with Crippen molar-refractivity contribution in [3.8, 4) is 0 Å². The molecule has 35 nitrogen and oxygen atoms in total. The zero-order chi connectivity index (χ0) is 62.0. The maximum Gasteiger partial charge on any atom is 0.268 e. The van der Waals surface area contributed by atoms with Crippen molar-refractivity contribution < 1.29 is 149 Å². The first-order valence-corrected chi connectivity index (χ1v) is 29.1. The van der Waals surface area contributed by atoms with Gasteiger partial charge in [-0.15, -0.1) is 0 Å². The van der Waals surface area contributed by atoms with E-state index in [1.807, 2.05) is 0 Å². The minimum atomic E-state index is -5.32. The number of nitrogens with two attached hydrogens (primary N) is 1. The molecule has 82 heavy (non-hydrogen) atoms. The standard InChI is InChI=1S/C45H86N6O29P2/c1-20-29(46)40(79-45-38(64)37(63)34(60)26(16-53)75-45)31(48-22(3)55)44(74-20)78-39-28(19-73-82(67,68)71-14-12-51(8,9)10)77-43(30(36(39)62)47-21(2)54)80-41-32(49-23(4)56)42(69-17-25(58)33(59)24(57)15-52)76-27(35(41)61)18-72-81(65,66)70-13-11-50(5,6)7/h20,24-45,52-53,57-64H,11-19,46H2,1-10H3,(H3-2,47,48,49,54,55,56,65,66,67,68)/t20-,24-,25+,26-,27-,28-,29+,30-,31-,32-,33-,34-,35+,36-,37+,38-,39+,40+,41-,42-,43-,44-,45+/m1/s1. The lowest BCUT2D eigenvalue weighted by Gasteiger charge is -2.51. The van der Waals surface area contributed by atoms with Gasteiger partial charge in [0.2, 0.25) is 17.7 Å². The summed E-state index contributed by atoms with van der Waals surface area (Å²) in [6.45, 7) is -0.920. The summed E-state index contributed by atoms with van der Waals surface area (Å²) in [4.78, 5) is 65.3. The number of quaternary nitrogens is 2. The van der Waals surface area contributed by atoms with E-state index in [0.29, 0.717) is 0 Å². The molecular weight excluding hydrogens is 1150 g/mol. The molecule has 2 unspecified atom stereocenters. The van der Waals surface area contributed by atoms with E-state index >= 15 is 0 Å². The molecule has 480 valence electrons. The van der Waals surface area contributed by atoms with Crippen LogP contribution in [-0.4, -0.2) is 320 Å². The molecule has 4 rings (SSSR count). The Bertz CT molecular complexity index is 2120. The van der Waals surface area contributed by atoms with E-state index in [0.717, 1.165) is 20.8 Å². The van der Waals surface area contributed by atoms with Crippen LogP contribution >= 0.6 is 15.6 Å². The first-order valence-electron chi connectivity index (χ1n) is 26.1. The van der Waals surface area contributed by atoms with Crippen LogP contribution in [0.3, 0.4) is 0 Å². The van der Waals surface area contributed by atoms with Gasteiger partial charge in [0.1, 0.15) is 130 Å². The number of phosphoric acid groups is 2. The first-order chi connectivity index (χ1) is 37.9. The number of carbonyl (C=O) groups excluding carboxylic acids is 3. The molecule has 0 aromatic heterocycles. The summed E-state index contributed by atoms with van der Waals surface area (Å²) in [5.41, 5.74) is 6.54. The molecule has 3 amide bonds. The lowest BCUT2D eigenvalue weighted by Crippen LogP contribution is -2.72. The van der Waals surface area contributed by atoms with Gasteiger partial charge in [0.05, 0.1) is 87.5 Å². The van der Waals surface area contributed by atoms with Gasteiger partial charge >= 0.3 is 0 Å². The molecule has 4 fully saturated rings. The first kappa shape index (κ1) is 72.3. The summed E-state index contributed by atoms with van der Waals surface area (Å²) in [7, 11) is -0.00606. The zero-order valence-corrected chi connectivity index (χ0v) is 49.0. The van der Waals surface area contributed by atoms with Gasteiger partial charge in [0.25, 0.3) is 15.6 Å². The number of amides is 3. The summed E-state index contributed by atoms with van der Waals surface area (Å²) in [5.74, 6) is -2.54. The van der Waals surface area contributed by atoms with Gasteiger partial charge in [-0.3, -0.25) is 23.5 Å². The van der Waals surface area contributed by atoms with E-state index in [-0.39, 0.29) is 35.3 Å². The zero-order valence-electron chi connectivity index (χ0n) is 47.2. The Hall–Kier alpha value is -2.21. The molecule has 0 spiro atoms. The minimum Gasteiger partial charge on any atom is -0.756 e.